The Balaban J connectivity index is 2.29. The quantitative estimate of drug-likeness (QED) is 0.670. The zero-order chi connectivity index (χ0) is 15.2. The molecule has 21 heavy (non-hydrogen) atoms. The largest absolute Gasteiger partial charge is 0.369 e. The van der Waals surface area contributed by atoms with Crippen LogP contribution in [0.4, 0.5) is 5.82 Å². The molecule has 1 aromatic rings. The summed E-state index contributed by atoms with van der Waals surface area (Å²) in [4.78, 5) is 9.82. The number of nitrogens with one attached hydrogen (secondary N) is 1. The van der Waals surface area contributed by atoms with Crippen LogP contribution in [-0.2, 0) is 6.42 Å². The first-order valence-corrected chi connectivity index (χ1v) is 9.49. The Kier molecular flexibility index (Phi) is 6.71. The van der Waals surface area contributed by atoms with E-state index in [0.29, 0.717) is 11.8 Å². The van der Waals surface area contributed by atoms with Gasteiger partial charge in [-0.2, -0.15) is 0 Å². The Morgan fingerprint density at radius 3 is 2.52 bits per heavy atom. The van der Waals surface area contributed by atoms with Gasteiger partial charge in [0.2, 0.25) is 0 Å². The summed E-state index contributed by atoms with van der Waals surface area (Å²) < 4.78 is 1.22. The van der Waals surface area contributed by atoms with Crippen LogP contribution < -0.4 is 5.32 Å². The molecule has 0 unspecified atom stereocenters. The van der Waals surface area contributed by atoms with Crippen molar-refractivity contribution in [2.45, 2.75) is 71.6 Å². The Morgan fingerprint density at radius 1 is 1.19 bits per heavy atom. The Hall–Kier alpha value is -0.390. The van der Waals surface area contributed by atoms with Gasteiger partial charge in [-0.25, -0.2) is 9.97 Å². The first kappa shape index (κ1) is 17.0. The second kappa shape index (κ2) is 8.30. The molecule has 2 rings (SSSR count). The van der Waals surface area contributed by atoms with E-state index >= 15 is 0 Å². The molecule has 118 valence electrons. The number of anilines is 1. The van der Waals surface area contributed by atoms with Crippen molar-refractivity contribution in [3.63, 3.8) is 0 Å². The Labute approximate surface area is 142 Å². The van der Waals surface area contributed by atoms with Gasteiger partial charge in [0.05, 0.1) is 9.26 Å². The maximum absolute atomic E-state index is 4.95. The van der Waals surface area contributed by atoms with Gasteiger partial charge in [0, 0.05) is 12.5 Å². The second-order valence-corrected chi connectivity index (χ2v) is 7.63. The minimum atomic E-state index is 0.573. The standard InChI is InChI=1S/C17H28IN3/c1-4-10-19-17-15(18)14(11-12(2)3)20-16(21-17)13-8-6-5-7-9-13/h12-13H,4-11H2,1-3H3,(H,19,20,21). The number of hydrogen-bond acceptors (Lipinski definition) is 3. The third-order valence-corrected chi connectivity index (χ3v) is 5.19. The summed E-state index contributed by atoms with van der Waals surface area (Å²) in [5, 5.41) is 3.50. The van der Waals surface area contributed by atoms with Gasteiger partial charge in [-0.05, 0) is 54.2 Å². The topological polar surface area (TPSA) is 37.8 Å². The number of rotatable bonds is 6. The molecule has 0 spiro atoms. The van der Waals surface area contributed by atoms with Crippen molar-refractivity contribution in [2.75, 3.05) is 11.9 Å². The predicted molar refractivity (Wildman–Crippen MR) is 97.9 cm³/mol. The third-order valence-electron chi connectivity index (χ3n) is 4.05. The first-order chi connectivity index (χ1) is 10.1. The maximum atomic E-state index is 4.95. The molecule has 1 aromatic heterocycles. The van der Waals surface area contributed by atoms with E-state index in [4.69, 9.17) is 9.97 Å². The van der Waals surface area contributed by atoms with Gasteiger partial charge >= 0.3 is 0 Å². The van der Waals surface area contributed by atoms with E-state index in [1.165, 1.54) is 41.4 Å². The van der Waals surface area contributed by atoms with E-state index in [9.17, 15) is 0 Å². The van der Waals surface area contributed by atoms with Gasteiger partial charge in [0.15, 0.2) is 0 Å². The highest BCUT2D eigenvalue weighted by molar-refractivity contribution is 14.1. The minimum Gasteiger partial charge on any atom is -0.369 e. The van der Waals surface area contributed by atoms with Crippen LogP contribution in [0.5, 0.6) is 0 Å². The molecule has 0 saturated heterocycles. The van der Waals surface area contributed by atoms with Crippen molar-refractivity contribution in [3.8, 4) is 0 Å². The molecule has 3 nitrogen and oxygen atoms in total. The molecule has 0 amide bonds. The van der Waals surface area contributed by atoms with Crippen molar-refractivity contribution in [1.29, 1.82) is 0 Å². The van der Waals surface area contributed by atoms with Gasteiger partial charge in [0.1, 0.15) is 11.6 Å². The zero-order valence-corrected chi connectivity index (χ0v) is 15.7. The predicted octanol–water partition coefficient (Wildman–Crippen LogP) is 5.15. The van der Waals surface area contributed by atoms with Gasteiger partial charge in [-0.15, -0.1) is 0 Å². The number of hydrogen-bond donors (Lipinski definition) is 1. The molecule has 0 bridgehead atoms. The van der Waals surface area contributed by atoms with Gasteiger partial charge in [-0.3, -0.25) is 0 Å². The van der Waals surface area contributed by atoms with Gasteiger partial charge in [0.25, 0.3) is 0 Å². The second-order valence-electron chi connectivity index (χ2n) is 6.55. The molecule has 1 fully saturated rings. The number of nitrogens with zero attached hydrogens (tertiary/aromatic N) is 2. The molecule has 4 heteroatoms. The molecular formula is C17H28IN3. The summed E-state index contributed by atoms with van der Waals surface area (Å²) in [5.74, 6) is 3.35. The highest BCUT2D eigenvalue weighted by atomic mass is 127. The van der Waals surface area contributed by atoms with E-state index in [2.05, 4.69) is 48.7 Å². The lowest BCUT2D eigenvalue weighted by atomic mass is 9.88. The van der Waals surface area contributed by atoms with Gasteiger partial charge in [-0.1, -0.05) is 40.0 Å². The Bertz CT molecular complexity index is 454. The highest BCUT2D eigenvalue weighted by Gasteiger charge is 2.21. The molecule has 1 N–H and O–H groups in total. The van der Waals surface area contributed by atoms with Crippen molar-refractivity contribution in [1.82, 2.24) is 9.97 Å². The van der Waals surface area contributed by atoms with Crippen molar-refractivity contribution >= 4 is 28.4 Å². The monoisotopic (exact) mass is 401 g/mol. The summed E-state index contributed by atoms with van der Waals surface area (Å²) >= 11 is 2.41. The molecule has 0 aromatic carbocycles. The fourth-order valence-electron chi connectivity index (χ4n) is 2.94. The zero-order valence-electron chi connectivity index (χ0n) is 13.6. The van der Waals surface area contributed by atoms with E-state index < -0.39 is 0 Å². The number of halogens is 1. The molecule has 1 heterocycles. The van der Waals surface area contributed by atoms with Crippen LogP contribution in [0.15, 0.2) is 0 Å². The van der Waals surface area contributed by atoms with Crippen LogP contribution in [0.3, 0.4) is 0 Å². The summed E-state index contributed by atoms with van der Waals surface area (Å²) in [6.45, 7) is 7.70. The lowest BCUT2D eigenvalue weighted by Gasteiger charge is -2.22. The van der Waals surface area contributed by atoms with E-state index in [1.807, 2.05) is 0 Å². The van der Waals surface area contributed by atoms with Crippen LogP contribution in [0.25, 0.3) is 0 Å². The molecule has 0 aliphatic heterocycles. The average Bonchev–Trinajstić information content (AvgIpc) is 2.48. The average molecular weight is 401 g/mol. The van der Waals surface area contributed by atoms with Crippen LogP contribution in [-0.4, -0.2) is 16.5 Å². The lowest BCUT2D eigenvalue weighted by molar-refractivity contribution is 0.427. The highest BCUT2D eigenvalue weighted by Crippen LogP contribution is 2.33. The SMILES string of the molecule is CCCNc1nc(C2CCCCC2)nc(CC(C)C)c1I. The van der Waals surface area contributed by atoms with Crippen LogP contribution in [0.1, 0.15) is 76.7 Å². The van der Waals surface area contributed by atoms with Crippen molar-refractivity contribution < 1.29 is 0 Å². The van der Waals surface area contributed by atoms with Crippen LogP contribution in [0, 0.1) is 9.49 Å². The summed E-state index contributed by atoms with van der Waals surface area (Å²) in [6, 6.07) is 0. The summed E-state index contributed by atoms with van der Waals surface area (Å²) in [5.41, 5.74) is 1.24. The molecule has 0 atom stereocenters. The summed E-state index contributed by atoms with van der Waals surface area (Å²) in [6.07, 6.45) is 8.72. The molecule has 1 aliphatic rings. The Morgan fingerprint density at radius 2 is 1.90 bits per heavy atom. The lowest BCUT2D eigenvalue weighted by Crippen LogP contribution is -2.15. The normalized spacial score (nSPS) is 16.4. The van der Waals surface area contributed by atoms with Crippen LogP contribution >= 0.6 is 22.6 Å². The molecular weight excluding hydrogens is 373 g/mol. The third kappa shape index (κ3) is 4.80. The van der Waals surface area contributed by atoms with Crippen molar-refractivity contribution in [3.05, 3.63) is 15.1 Å². The van der Waals surface area contributed by atoms with E-state index in [-0.39, 0.29) is 0 Å². The fraction of sp³-hybridized carbons (Fsp3) is 0.765. The maximum Gasteiger partial charge on any atom is 0.143 e. The van der Waals surface area contributed by atoms with Crippen LogP contribution in [0.2, 0.25) is 0 Å². The fourth-order valence-corrected chi connectivity index (χ4v) is 3.59. The molecule has 1 aliphatic carbocycles. The van der Waals surface area contributed by atoms with Crippen molar-refractivity contribution in [2.24, 2.45) is 5.92 Å². The molecule has 0 radical (unpaired) electrons. The van der Waals surface area contributed by atoms with Gasteiger partial charge < -0.3 is 5.32 Å². The molecule has 1 saturated carbocycles. The summed E-state index contributed by atoms with van der Waals surface area (Å²) in [7, 11) is 0. The van der Waals surface area contributed by atoms with E-state index in [1.54, 1.807) is 0 Å². The number of aromatic nitrogens is 2. The van der Waals surface area contributed by atoms with E-state index in [0.717, 1.165) is 31.0 Å². The first-order valence-electron chi connectivity index (χ1n) is 8.42. The minimum absolute atomic E-state index is 0.573. The smallest absolute Gasteiger partial charge is 0.143 e.